The Kier molecular flexibility index (Phi) is 1.70. The van der Waals surface area contributed by atoms with Crippen LogP contribution >= 0.6 is 0 Å². The lowest BCUT2D eigenvalue weighted by atomic mass is 10.1. The Morgan fingerprint density at radius 2 is 2.00 bits per heavy atom. The molecule has 3 rings (SSSR count). The van der Waals surface area contributed by atoms with Gasteiger partial charge in [-0.25, -0.2) is 0 Å². The molecule has 0 aliphatic carbocycles. The second-order valence-electron chi connectivity index (χ2n) is 3.61. The van der Waals surface area contributed by atoms with Gasteiger partial charge in [-0.3, -0.25) is 4.68 Å². The fourth-order valence-electron chi connectivity index (χ4n) is 1.62. The Labute approximate surface area is 91.1 Å². The average Bonchev–Trinajstić information content (AvgIpc) is 2.85. The van der Waals surface area contributed by atoms with E-state index in [1.165, 1.54) is 0 Å². The van der Waals surface area contributed by atoms with Gasteiger partial charge in [0.1, 0.15) is 16.9 Å². The number of H-pyrrole nitrogens is 1. The second-order valence-corrected chi connectivity index (χ2v) is 3.61. The van der Waals surface area contributed by atoms with Crippen LogP contribution in [0.1, 0.15) is 0 Å². The van der Waals surface area contributed by atoms with Gasteiger partial charge in [0.2, 0.25) is 0 Å². The minimum Gasteiger partial charge on any atom is -0.384 e. The third-order valence-electron chi connectivity index (χ3n) is 2.53. The van der Waals surface area contributed by atoms with E-state index in [-0.39, 0.29) is 0 Å². The Morgan fingerprint density at radius 1 is 1.19 bits per heavy atom. The van der Waals surface area contributed by atoms with Gasteiger partial charge in [0.05, 0.1) is 5.69 Å². The van der Waals surface area contributed by atoms with Crippen molar-refractivity contribution in [2.45, 2.75) is 0 Å². The summed E-state index contributed by atoms with van der Waals surface area (Å²) >= 11 is 0. The lowest BCUT2D eigenvalue weighted by Gasteiger charge is -1.94. The van der Waals surface area contributed by atoms with Crippen LogP contribution in [0.2, 0.25) is 0 Å². The molecule has 0 spiro atoms. The third-order valence-corrected chi connectivity index (χ3v) is 2.53. The molecule has 0 saturated heterocycles. The highest BCUT2D eigenvalue weighted by molar-refractivity contribution is 5.80. The van der Waals surface area contributed by atoms with Crippen molar-refractivity contribution in [3.8, 4) is 11.3 Å². The van der Waals surface area contributed by atoms with E-state index in [1.54, 1.807) is 4.68 Å². The Hall–Kier alpha value is -2.37. The Bertz CT molecular complexity index is 631. The molecule has 3 N–H and O–H groups in total. The van der Waals surface area contributed by atoms with Crippen molar-refractivity contribution in [1.29, 1.82) is 0 Å². The SMILES string of the molecule is Cn1nc(-c2ccc3n[nH]nc3c2)cc1N. The van der Waals surface area contributed by atoms with Crippen LogP contribution in [0.4, 0.5) is 5.82 Å². The lowest BCUT2D eigenvalue weighted by molar-refractivity contribution is 0.782. The van der Waals surface area contributed by atoms with Gasteiger partial charge in [0.15, 0.2) is 0 Å². The van der Waals surface area contributed by atoms with Gasteiger partial charge < -0.3 is 5.73 Å². The van der Waals surface area contributed by atoms with Gasteiger partial charge in [0, 0.05) is 18.7 Å². The number of nitrogen functional groups attached to an aromatic ring is 1. The summed E-state index contributed by atoms with van der Waals surface area (Å²) in [7, 11) is 1.81. The third kappa shape index (κ3) is 1.23. The smallest absolute Gasteiger partial charge is 0.121 e. The van der Waals surface area contributed by atoms with Crippen molar-refractivity contribution in [2.24, 2.45) is 7.05 Å². The van der Waals surface area contributed by atoms with Crippen LogP contribution in [0.15, 0.2) is 24.3 Å². The summed E-state index contributed by atoms with van der Waals surface area (Å²) in [5.74, 6) is 0.634. The number of aromatic amines is 1. The van der Waals surface area contributed by atoms with Gasteiger partial charge >= 0.3 is 0 Å². The zero-order valence-electron chi connectivity index (χ0n) is 8.68. The summed E-state index contributed by atoms with van der Waals surface area (Å²) < 4.78 is 1.64. The summed E-state index contributed by atoms with van der Waals surface area (Å²) in [5, 5.41) is 14.9. The van der Waals surface area contributed by atoms with Crippen LogP contribution in [0.3, 0.4) is 0 Å². The molecule has 0 saturated carbocycles. The Morgan fingerprint density at radius 3 is 2.75 bits per heavy atom. The van der Waals surface area contributed by atoms with Crippen molar-refractivity contribution < 1.29 is 0 Å². The highest BCUT2D eigenvalue weighted by Crippen LogP contribution is 2.22. The van der Waals surface area contributed by atoms with Gasteiger partial charge in [0.25, 0.3) is 0 Å². The van der Waals surface area contributed by atoms with Crippen molar-refractivity contribution in [3.63, 3.8) is 0 Å². The van der Waals surface area contributed by atoms with E-state index < -0.39 is 0 Å². The summed E-state index contributed by atoms with van der Waals surface area (Å²) in [5.41, 5.74) is 9.22. The first-order valence-electron chi connectivity index (χ1n) is 4.84. The highest BCUT2D eigenvalue weighted by atomic mass is 15.3. The molecule has 1 aromatic carbocycles. The zero-order valence-corrected chi connectivity index (χ0v) is 8.68. The summed E-state index contributed by atoms with van der Waals surface area (Å²) in [6.07, 6.45) is 0. The molecule has 6 nitrogen and oxygen atoms in total. The van der Waals surface area contributed by atoms with Crippen LogP contribution in [0, 0.1) is 0 Å². The van der Waals surface area contributed by atoms with Crippen molar-refractivity contribution >= 4 is 16.9 Å². The average molecular weight is 214 g/mol. The van der Waals surface area contributed by atoms with Gasteiger partial charge in [-0.2, -0.15) is 20.5 Å². The lowest BCUT2D eigenvalue weighted by Crippen LogP contribution is -1.96. The molecule has 2 aromatic heterocycles. The maximum Gasteiger partial charge on any atom is 0.121 e. The number of aryl methyl sites for hydroxylation is 1. The first-order valence-corrected chi connectivity index (χ1v) is 4.84. The van der Waals surface area contributed by atoms with Gasteiger partial charge in [-0.05, 0) is 12.1 Å². The predicted octanol–water partition coefficient (Wildman–Crippen LogP) is 0.941. The van der Waals surface area contributed by atoms with E-state index in [9.17, 15) is 0 Å². The number of hydrogen-bond donors (Lipinski definition) is 2. The molecule has 0 atom stereocenters. The normalized spacial score (nSPS) is 11.1. The van der Waals surface area contributed by atoms with Crippen molar-refractivity contribution in [1.82, 2.24) is 25.2 Å². The maximum atomic E-state index is 5.74. The number of nitrogens with zero attached hydrogens (tertiary/aromatic N) is 4. The quantitative estimate of drug-likeness (QED) is 0.631. The number of fused-ring (bicyclic) bond motifs is 1. The van der Waals surface area contributed by atoms with Crippen molar-refractivity contribution in [2.75, 3.05) is 5.73 Å². The molecule has 0 bridgehead atoms. The molecule has 0 amide bonds. The predicted molar refractivity (Wildman–Crippen MR) is 60.5 cm³/mol. The van der Waals surface area contributed by atoms with E-state index in [0.29, 0.717) is 5.82 Å². The molecule has 0 unspecified atom stereocenters. The van der Waals surface area contributed by atoms with E-state index in [2.05, 4.69) is 20.5 Å². The van der Waals surface area contributed by atoms with Gasteiger partial charge in [-0.1, -0.05) is 6.07 Å². The molecule has 80 valence electrons. The largest absolute Gasteiger partial charge is 0.384 e. The minimum absolute atomic E-state index is 0.634. The summed E-state index contributed by atoms with van der Waals surface area (Å²) in [6, 6.07) is 7.62. The number of nitrogens with two attached hydrogens (primary N) is 1. The first-order chi connectivity index (χ1) is 7.74. The number of anilines is 1. The van der Waals surface area contributed by atoms with E-state index in [4.69, 9.17) is 5.73 Å². The zero-order chi connectivity index (χ0) is 11.1. The number of rotatable bonds is 1. The van der Waals surface area contributed by atoms with Crippen LogP contribution in [0.25, 0.3) is 22.3 Å². The molecule has 3 aromatic rings. The first kappa shape index (κ1) is 8.90. The maximum absolute atomic E-state index is 5.74. The number of aromatic nitrogens is 5. The highest BCUT2D eigenvalue weighted by Gasteiger charge is 2.06. The minimum atomic E-state index is 0.634. The number of nitrogens with one attached hydrogen (secondary N) is 1. The Balaban J connectivity index is 2.17. The molecule has 0 aliphatic rings. The van der Waals surface area contributed by atoms with Gasteiger partial charge in [-0.15, -0.1) is 0 Å². The molecular formula is C10H10N6. The number of hydrogen-bond acceptors (Lipinski definition) is 4. The van der Waals surface area contributed by atoms with E-state index in [1.807, 2.05) is 31.3 Å². The molecule has 16 heavy (non-hydrogen) atoms. The van der Waals surface area contributed by atoms with E-state index in [0.717, 1.165) is 22.3 Å². The standard InChI is InChI=1S/C10H10N6/c1-16-10(11)5-8(14-16)6-2-3-7-9(4-6)13-15-12-7/h2-5H,11H2,1H3,(H,12,13,15). The molecule has 0 radical (unpaired) electrons. The van der Waals surface area contributed by atoms with Crippen molar-refractivity contribution in [3.05, 3.63) is 24.3 Å². The fourth-order valence-corrected chi connectivity index (χ4v) is 1.62. The molecule has 0 fully saturated rings. The molecule has 6 heteroatoms. The number of benzene rings is 1. The summed E-state index contributed by atoms with van der Waals surface area (Å²) in [4.78, 5) is 0. The van der Waals surface area contributed by atoms with Crippen LogP contribution in [-0.2, 0) is 7.05 Å². The topological polar surface area (TPSA) is 85.4 Å². The second kappa shape index (κ2) is 3.06. The monoisotopic (exact) mass is 214 g/mol. The van der Waals surface area contributed by atoms with Crippen LogP contribution < -0.4 is 5.73 Å². The van der Waals surface area contributed by atoms with E-state index >= 15 is 0 Å². The fraction of sp³-hybridized carbons (Fsp3) is 0.100. The van der Waals surface area contributed by atoms with Crippen LogP contribution in [0.5, 0.6) is 0 Å². The van der Waals surface area contributed by atoms with Crippen LogP contribution in [-0.4, -0.2) is 25.2 Å². The molecule has 2 heterocycles. The summed E-state index contributed by atoms with van der Waals surface area (Å²) in [6.45, 7) is 0. The molecule has 0 aliphatic heterocycles. The molecular weight excluding hydrogens is 204 g/mol.